The fraction of sp³-hybridized carbons (Fsp3) is 0.632. The molecule has 3 saturated carbocycles. The molecule has 4 rings (SSSR count). The molecule has 1 N–H and O–H groups in total. The fourth-order valence-corrected chi connectivity index (χ4v) is 4.39. The van der Waals surface area contributed by atoms with Gasteiger partial charge in [-0.05, 0) is 56.9 Å². The second-order valence-corrected chi connectivity index (χ2v) is 6.78. The van der Waals surface area contributed by atoms with Crippen LogP contribution in [0.3, 0.4) is 0 Å². The molecule has 1 aromatic carbocycles. The number of carbonyl (C=O) groups is 1. The molecule has 0 saturated heterocycles. The topological polar surface area (TPSA) is 38.3 Å². The van der Waals surface area contributed by atoms with Crippen LogP contribution in [0, 0.1) is 17.8 Å². The monoisotopic (exact) mass is 301 g/mol. The van der Waals surface area contributed by atoms with Crippen LogP contribution in [-0.2, 0) is 9.53 Å². The van der Waals surface area contributed by atoms with Gasteiger partial charge in [-0.2, -0.15) is 0 Å². The standard InChI is InChI=1S/C19H27NO2/c1-3-22-19(21)17-15-9-11-16(12-10-15)18(17)20-13(2)14-7-5-4-6-8-14/h4-8,13,15-18,20H,3,9-12H2,1-2H3/t13-,15?,16?,17-,18+/m0/s1. The number of ether oxygens (including phenoxy) is 1. The lowest BCUT2D eigenvalue weighted by Crippen LogP contribution is -2.55. The van der Waals surface area contributed by atoms with E-state index < -0.39 is 0 Å². The van der Waals surface area contributed by atoms with Crippen molar-refractivity contribution in [2.75, 3.05) is 6.61 Å². The highest BCUT2D eigenvalue weighted by Crippen LogP contribution is 2.46. The van der Waals surface area contributed by atoms with Crippen molar-refractivity contribution in [3.05, 3.63) is 35.9 Å². The van der Waals surface area contributed by atoms with Crippen molar-refractivity contribution < 1.29 is 9.53 Å². The van der Waals surface area contributed by atoms with Crippen LogP contribution in [0.5, 0.6) is 0 Å². The summed E-state index contributed by atoms with van der Waals surface area (Å²) in [4.78, 5) is 12.5. The summed E-state index contributed by atoms with van der Waals surface area (Å²) >= 11 is 0. The highest BCUT2D eigenvalue weighted by molar-refractivity contribution is 5.74. The second kappa shape index (κ2) is 6.82. The third-order valence-corrected chi connectivity index (χ3v) is 5.52. The number of carbonyl (C=O) groups excluding carboxylic acids is 1. The van der Waals surface area contributed by atoms with Crippen LogP contribution >= 0.6 is 0 Å². The van der Waals surface area contributed by atoms with E-state index in [1.807, 2.05) is 13.0 Å². The lowest BCUT2D eigenvalue weighted by atomic mass is 9.61. The zero-order chi connectivity index (χ0) is 15.5. The molecule has 3 aliphatic rings. The molecule has 2 bridgehead atoms. The van der Waals surface area contributed by atoms with Crippen LogP contribution in [0.25, 0.3) is 0 Å². The molecule has 3 atom stereocenters. The number of hydrogen-bond acceptors (Lipinski definition) is 3. The number of benzene rings is 1. The zero-order valence-corrected chi connectivity index (χ0v) is 13.6. The maximum atomic E-state index is 12.5. The number of rotatable bonds is 5. The van der Waals surface area contributed by atoms with Crippen LogP contribution in [-0.4, -0.2) is 18.6 Å². The Bertz CT molecular complexity index is 493. The lowest BCUT2D eigenvalue weighted by molar-refractivity contribution is -0.156. The second-order valence-electron chi connectivity index (χ2n) is 6.78. The Morgan fingerprint density at radius 1 is 1.18 bits per heavy atom. The van der Waals surface area contributed by atoms with Gasteiger partial charge in [-0.1, -0.05) is 30.3 Å². The molecule has 0 unspecified atom stereocenters. The lowest BCUT2D eigenvalue weighted by Gasteiger charge is -2.48. The largest absolute Gasteiger partial charge is 0.466 e. The van der Waals surface area contributed by atoms with E-state index in [1.54, 1.807) is 0 Å². The number of hydrogen-bond donors (Lipinski definition) is 1. The van der Waals surface area contributed by atoms with E-state index in [2.05, 4.69) is 36.5 Å². The third-order valence-electron chi connectivity index (χ3n) is 5.52. The van der Waals surface area contributed by atoms with Crippen molar-refractivity contribution in [3.8, 4) is 0 Å². The average Bonchev–Trinajstić information content (AvgIpc) is 2.56. The molecule has 3 nitrogen and oxygen atoms in total. The molecule has 0 amide bonds. The van der Waals surface area contributed by atoms with Gasteiger partial charge in [0.25, 0.3) is 0 Å². The van der Waals surface area contributed by atoms with E-state index in [1.165, 1.54) is 31.2 Å². The predicted octanol–water partition coefficient (Wildman–Crippen LogP) is 3.71. The molecule has 0 spiro atoms. The third kappa shape index (κ3) is 3.05. The SMILES string of the molecule is CCOC(=O)[C@H]1C2CCC(CC2)[C@H]1N[C@@H](C)c1ccccc1. The maximum Gasteiger partial charge on any atom is 0.310 e. The Morgan fingerprint density at radius 2 is 1.82 bits per heavy atom. The van der Waals surface area contributed by atoms with Gasteiger partial charge in [0.05, 0.1) is 12.5 Å². The van der Waals surface area contributed by atoms with Crippen molar-refractivity contribution in [1.82, 2.24) is 5.32 Å². The smallest absolute Gasteiger partial charge is 0.310 e. The molecule has 3 fully saturated rings. The predicted molar refractivity (Wildman–Crippen MR) is 87.4 cm³/mol. The number of fused-ring (bicyclic) bond motifs is 3. The van der Waals surface area contributed by atoms with Crippen LogP contribution in [0.2, 0.25) is 0 Å². The summed E-state index contributed by atoms with van der Waals surface area (Å²) in [6.07, 6.45) is 4.87. The Labute approximate surface area is 133 Å². The summed E-state index contributed by atoms with van der Waals surface area (Å²) in [6.45, 7) is 4.57. The molecular weight excluding hydrogens is 274 g/mol. The maximum absolute atomic E-state index is 12.5. The van der Waals surface area contributed by atoms with Crippen molar-refractivity contribution in [2.24, 2.45) is 17.8 Å². The van der Waals surface area contributed by atoms with Gasteiger partial charge in [0, 0.05) is 12.1 Å². The fourth-order valence-electron chi connectivity index (χ4n) is 4.39. The minimum Gasteiger partial charge on any atom is -0.466 e. The summed E-state index contributed by atoms with van der Waals surface area (Å²) in [6, 6.07) is 11.0. The highest BCUT2D eigenvalue weighted by Gasteiger charge is 2.48. The first-order valence-corrected chi connectivity index (χ1v) is 8.68. The van der Waals surface area contributed by atoms with Crippen molar-refractivity contribution in [2.45, 2.75) is 51.6 Å². The molecule has 22 heavy (non-hydrogen) atoms. The summed E-state index contributed by atoms with van der Waals surface area (Å²) < 4.78 is 5.37. The van der Waals surface area contributed by atoms with Crippen molar-refractivity contribution in [1.29, 1.82) is 0 Å². The molecule has 0 radical (unpaired) electrons. The summed E-state index contributed by atoms with van der Waals surface area (Å²) in [5.74, 6) is 1.17. The average molecular weight is 301 g/mol. The van der Waals surface area contributed by atoms with E-state index in [4.69, 9.17) is 4.74 Å². The van der Waals surface area contributed by atoms with Gasteiger partial charge < -0.3 is 10.1 Å². The first kappa shape index (κ1) is 15.5. The van der Waals surface area contributed by atoms with Crippen LogP contribution in [0.1, 0.15) is 51.1 Å². The first-order valence-electron chi connectivity index (χ1n) is 8.68. The molecule has 0 aliphatic heterocycles. The summed E-state index contributed by atoms with van der Waals surface area (Å²) in [5, 5.41) is 3.76. The molecule has 0 heterocycles. The van der Waals surface area contributed by atoms with Gasteiger partial charge in [-0.25, -0.2) is 0 Å². The van der Waals surface area contributed by atoms with Crippen LogP contribution in [0.15, 0.2) is 30.3 Å². The molecule has 3 aliphatic carbocycles. The number of nitrogens with one attached hydrogen (secondary N) is 1. The Morgan fingerprint density at radius 3 is 2.45 bits per heavy atom. The van der Waals surface area contributed by atoms with E-state index in [0.717, 1.165) is 0 Å². The first-order chi connectivity index (χ1) is 10.7. The van der Waals surface area contributed by atoms with Gasteiger partial charge >= 0.3 is 5.97 Å². The molecule has 120 valence electrons. The van der Waals surface area contributed by atoms with Gasteiger partial charge in [-0.3, -0.25) is 4.79 Å². The van der Waals surface area contributed by atoms with Crippen molar-refractivity contribution >= 4 is 5.97 Å². The van der Waals surface area contributed by atoms with E-state index >= 15 is 0 Å². The molecule has 1 aromatic rings. The highest BCUT2D eigenvalue weighted by atomic mass is 16.5. The zero-order valence-electron chi connectivity index (χ0n) is 13.6. The van der Waals surface area contributed by atoms with Gasteiger partial charge in [-0.15, -0.1) is 0 Å². The molecule has 0 aromatic heterocycles. The summed E-state index contributed by atoms with van der Waals surface area (Å²) in [7, 11) is 0. The summed E-state index contributed by atoms with van der Waals surface area (Å²) in [5.41, 5.74) is 1.28. The number of esters is 1. The minimum absolute atomic E-state index is 0.00895. The van der Waals surface area contributed by atoms with Crippen molar-refractivity contribution in [3.63, 3.8) is 0 Å². The van der Waals surface area contributed by atoms with Gasteiger partial charge in [0.15, 0.2) is 0 Å². The quantitative estimate of drug-likeness (QED) is 0.843. The Hall–Kier alpha value is -1.35. The molecular formula is C19H27NO2. The van der Waals surface area contributed by atoms with E-state index in [9.17, 15) is 4.79 Å². The minimum atomic E-state index is 0.00895. The van der Waals surface area contributed by atoms with Crippen LogP contribution in [0.4, 0.5) is 0 Å². The normalized spacial score (nSPS) is 31.7. The molecule has 3 heteroatoms. The van der Waals surface area contributed by atoms with Gasteiger partial charge in [0.2, 0.25) is 0 Å². The van der Waals surface area contributed by atoms with E-state index in [-0.39, 0.29) is 24.0 Å². The van der Waals surface area contributed by atoms with Crippen LogP contribution < -0.4 is 5.32 Å². The Kier molecular flexibility index (Phi) is 4.82. The van der Waals surface area contributed by atoms with Gasteiger partial charge in [0.1, 0.15) is 0 Å². The Balaban J connectivity index is 1.75. The van der Waals surface area contributed by atoms with E-state index in [0.29, 0.717) is 18.4 Å².